The van der Waals surface area contributed by atoms with Gasteiger partial charge in [0.1, 0.15) is 5.01 Å². The molecule has 1 unspecified atom stereocenters. The topological polar surface area (TPSA) is 43.4 Å². The molecule has 0 aromatic carbocycles. The first kappa shape index (κ1) is 16.6. The largest absolute Gasteiger partial charge is 0.385 e. The molecule has 0 aliphatic carbocycles. The van der Waals surface area contributed by atoms with Crippen molar-refractivity contribution in [1.29, 1.82) is 0 Å². The molecule has 0 aliphatic heterocycles. The molecule has 1 heterocycles. The van der Waals surface area contributed by atoms with Crippen molar-refractivity contribution in [1.82, 2.24) is 10.3 Å². The minimum atomic E-state index is -0.141. The predicted molar refractivity (Wildman–Crippen MR) is 80.0 cm³/mol. The molecule has 5 heteroatoms. The highest BCUT2D eigenvalue weighted by Gasteiger charge is 2.29. The maximum Gasteiger partial charge on any atom is 0.113 e. The van der Waals surface area contributed by atoms with Crippen LogP contribution in [0.2, 0.25) is 0 Å². The first-order valence-corrected chi connectivity index (χ1v) is 7.58. The minimum Gasteiger partial charge on any atom is -0.385 e. The number of nitrogens with zero attached hydrogens (tertiary/aromatic N) is 1. The van der Waals surface area contributed by atoms with Gasteiger partial charge in [-0.3, -0.25) is 0 Å². The van der Waals surface area contributed by atoms with E-state index in [1.54, 1.807) is 25.6 Å². The number of nitrogens with one attached hydrogen (secondary N) is 1. The summed E-state index contributed by atoms with van der Waals surface area (Å²) in [5, 5.41) is 4.70. The molecular weight excluding hydrogens is 260 g/mol. The first-order chi connectivity index (χ1) is 9.07. The van der Waals surface area contributed by atoms with Gasteiger partial charge in [-0.15, -0.1) is 11.3 Å². The Balaban J connectivity index is 2.86. The molecule has 19 heavy (non-hydrogen) atoms. The van der Waals surface area contributed by atoms with E-state index < -0.39 is 0 Å². The van der Waals surface area contributed by atoms with E-state index in [-0.39, 0.29) is 5.54 Å². The zero-order valence-corrected chi connectivity index (χ0v) is 13.5. The van der Waals surface area contributed by atoms with Crippen LogP contribution in [0.1, 0.15) is 35.8 Å². The number of rotatable bonds is 9. The molecule has 1 aromatic heterocycles. The molecular formula is C14H26N2O2S. The van der Waals surface area contributed by atoms with Crippen LogP contribution >= 0.6 is 11.3 Å². The van der Waals surface area contributed by atoms with Crippen LogP contribution in [0, 0.1) is 6.92 Å². The van der Waals surface area contributed by atoms with E-state index >= 15 is 0 Å². The van der Waals surface area contributed by atoms with Gasteiger partial charge < -0.3 is 14.8 Å². The van der Waals surface area contributed by atoms with Crippen molar-refractivity contribution in [3.8, 4) is 0 Å². The summed E-state index contributed by atoms with van der Waals surface area (Å²) < 4.78 is 10.4. The van der Waals surface area contributed by atoms with Crippen LogP contribution in [-0.2, 0) is 21.4 Å². The minimum absolute atomic E-state index is 0.141. The summed E-state index contributed by atoms with van der Waals surface area (Å²) in [4.78, 5) is 6.11. The number of hydrogen-bond acceptors (Lipinski definition) is 5. The molecule has 4 nitrogen and oxygen atoms in total. The van der Waals surface area contributed by atoms with Crippen molar-refractivity contribution in [2.75, 3.05) is 34.0 Å². The van der Waals surface area contributed by atoms with Gasteiger partial charge in [0.2, 0.25) is 0 Å². The van der Waals surface area contributed by atoms with Gasteiger partial charge >= 0.3 is 0 Å². The van der Waals surface area contributed by atoms with E-state index in [1.165, 1.54) is 10.6 Å². The van der Waals surface area contributed by atoms with Gasteiger partial charge in [0.05, 0.1) is 17.8 Å². The average Bonchev–Trinajstić information content (AvgIpc) is 2.78. The van der Waals surface area contributed by atoms with E-state index in [9.17, 15) is 0 Å². The fourth-order valence-electron chi connectivity index (χ4n) is 2.00. The van der Waals surface area contributed by atoms with E-state index in [0.29, 0.717) is 6.61 Å². The number of methoxy groups -OCH3 is 2. The summed E-state index contributed by atoms with van der Waals surface area (Å²) in [5.74, 6) is 0. The standard InChI is InChI=1S/C14H26N2O2S/c1-6-12-11(2)19-13(16-12)14(3,7-9-17-4)15-8-10-18-5/h15H,6-10H2,1-5H3. The second kappa shape index (κ2) is 7.94. The Hall–Kier alpha value is -0.490. The normalized spacial score (nSPS) is 14.6. The Morgan fingerprint density at radius 3 is 2.47 bits per heavy atom. The monoisotopic (exact) mass is 286 g/mol. The smallest absolute Gasteiger partial charge is 0.113 e. The lowest BCUT2D eigenvalue weighted by molar-refractivity contribution is 0.146. The summed E-state index contributed by atoms with van der Waals surface area (Å²) >= 11 is 1.78. The van der Waals surface area contributed by atoms with Crippen LogP contribution < -0.4 is 5.32 Å². The van der Waals surface area contributed by atoms with E-state index in [1.807, 2.05) is 0 Å². The molecule has 110 valence electrons. The van der Waals surface area contributed by atoms with Crippen LogP contribution in [0.4, 0.5) is 0 Å². The summed E-state index contributed by atoms with van der Waals surface area (Å²) in [6.07, 6.45) is 1.89. The molecule has 0 saturated heterocycles. The zero-order valence-electron chi connectivity index (χ0n) is 12.7. The highest BCUT2D eigenvalue weighted by atomic mass is 32.1. The van der Waals surface area contributed by atoms with Crippen molar-refractivity contribution in [3.63, 3.8) is 0 Å². The lowest BCUT2D eigenvalue weighted by atomic mass is 9.99. The fraction of sp³-hybridized carbons (Fsp3) is 0.786. The number of hydrogen-bond donors (Lipinski definition) is 1. The molecule has 1 atom stereocenters. The van der Waals surface area contributed by atoms with Crippen LogP contribution in [0.5, 0.6) is 0 Å². The third kappa shape index (κ3) is 4.53. The van der Waals surface area contributed by atoms with Crippen LogP contribution in [-0.4, -0.2) is 39.0 Å². The maximum absolute atomic E-state index is 5.23. The van der Waals surface area contributed by atoms with Gasteiger partial charge in [-0.25, -0.2) is 4.98 Å². The van der Waals surface area contributed by atoms with Crippen LogP contribution in [0.25, 0.3) is 0 Å². The molecule has 0 radical (unpaired) electrons. The second-order valence-corrected chi connectivity index (χ2v) is 6.07. The number of thiazole rings is 1. The van der Waals surface area contributed by atoms with Crippen molar-refractivity contribution in [2.45, 2.75) is 39.2 Å². The molecule has 0 fully saturated rings. The van der Waals surface area contributed by atoms with Gasteiger partial charge in [-0.2, -0.15) is 0 Å². The van der Waals surface area contributed by atoms with Gasteiger partial charge in [0, 0.05) is 32.2 Å². The maximum atomic E-state index is 5.23. The third-order valence-electron chi connectivity index (χ3n) is 3.33. The summed E-state index contributed by atoms with van der Waals surface area (Å²) in [5.41, 5.74) is 1.06. The van der Waals surface area contributed by atoms with Gasteiger partial charge in [0.25, 0.3) is 0 Å². The quantitative estimate of drug-likeness (QED) is 0.708. The Morgan fingerprint density at radius 2 is 1.95 bits per heavy atom. The molecule has 1 N–H and O–H groups in total. The van der Waals surface area contributed by atoms with Crippen molar-refractivity contribution in [2.24, 2.45) is 0 Å². The Kier molecular flexibility index (Phi) is 6.93. The molecule has 0 amide bonds. The molecule has 0 spiro atoms. The molecule has 0 saturated carbocycles. The predicted octanol–water partition coefficient (Wildman–Crippen LogP) is 2.50. The Labute approximate surface area is 120 Å². The number of aryl methyl sites for hydroxylation is 2. The zero-order chi connectivity index (χ0) is 14.3. The van der Waals surface area contributed by atoms with Gasteiger partial charge in [-0.05, 0) is 26.7 Å². The molecule has 1 aromatic rings. The van der Waals surface area contributed by atoms with Gasteiger partial charge in [0.15, 0.2) is 0 Å². The molecule has 0 bridgehead atoms. The lowest BCUT2D eigenvalue weighted by Crippen LogP contribution is -2.42. The lowest BCUT2D eigenvalue weighted by Gasteiger charge is -2.28. The summed E-state index contributed by atoms with van der Waals surface area (Å²) in [6.45, 7) is 8.73. The van der Waals surface area contributed by atoms with Crippen molar-refractivity contribution < 1.29 is 9.47 Å². The van der Waals surface area contributed by atoms with Crippen molar-refractivity contribution >= 4 is 11.3 Å². The van der Waals surface area contributed by atoms with Crippen LogP contribution in [0.3, 0.4) is 0 Å². The fourth-order valence-corrected chi connectivity index (χ4v) is 3.15. The first-order valence-electron chi connectivity index (χ1n) is 6.77. The summed E-state index contributed by atoms with van der Waals surface area (Å²) in [6, 6.07) is 0. The number of aromatic nitrogens is 1. The van der Waals surface area contributed by atoms with E-state index in [2.05, 4.69) is 26.1 Å². The Bertz CT molecular complexity index is 382. The Morgan fingerprint density at radius 1 is 1.26 bits per heavy atom. The van der Waals surface area contributed by atoms with Crippen molar-refractivity contribution in [3.05, 3.63) is 15.6 Å². The van der Waals surface area contributed by atoms with E-state index in [4.69, 9.17) is 14.5 Å². The van der Waals surface area contributed by atoms with Gasteiger partial charge in [-0.1, -0.05) is 6.92 Å². The second-order valence-electron chi connectivity index (χ2n) is 4.87. The molecule has 0 aliphatic rings. The average molecular weight is 286 g/mol. The number of ether oxygens (including phenoxy) is 2. The molecule has 1 rings (SSSR count). The van der Waals surface area contributed by atoms with Crippen LogP contribution in [0.15, 0.2) is 0 Å². The highest BCUT2D eigenvalue weighted by Crippen LogP contribution is 2.30. The third-order valence-corrected chi connectivity index (χ3v) is 4.60. The highest BCUT2D eigenvalue weighted by molar-refractivity contribution is 7.11. The summed E-state index contributed by atoms with van der Waals surface area (Å²) in [7, 11) is 3.46. The SMILES string of the molecule is CCc1nc(C(C)(CCOC)NCCOC)sc1C. The van der Waals surface area contributed by atoms with E-state index in [0.717, 1.165) is 31.0 Å².